The molecule has 7 nitrogen and oxygen atoms in total. The summed E-state index contributed by atoms with van der Waals surface area (Å²) in [6, 6.07) is 6.09. The summed E-state index contributed by atoms with van der Waals surface area (Å²) in [4.78, 5) is 13.4. The Bertz CT molecular complexity index is 803. The van der Waals surface area contributed by atoms with Crippen molar-refractivity contribution in [1.82, 2.24) is 10.1 Å². The first kappa shape index (κ1) is 19.2. The molecule has 2 N–H and O–H groups in total. The molecule has 7 heteroatoms. The predicted molar refractivity (Wildman–Crippen MR) is 101 cm³/mol. The van der Waals surface area contributed by atoms with Crippen molar-refractivity contribution in [1.29, 1.82) is 0 Å². The molecule has 2 heterocycles. The van der Waals surface area contributed by atoms with Crippen molar-refractivity contribution in [2.45, 2.75) is 45.7 Å². The van der Waals surface area contributed by atoms with Crippen LogP contribution >= 0.6 is 0 Å². The number of amides is 1. The van der Waals surface area contributed by atoms with Gasteiger partial charge in [-0.05, 0) is 44.0 Å². The van der Waals surface area contributed by atoms with Gasteiger partial charge in [-0.1, -0.05) is 18.1 Å². The fourth-order valence-electron chi connectivity index (χ4n) is 3.76. The van der Waals surface area contributed by atoms with Crippen LogP contribution in [0.2, 0.25) is 0 Å². The molecule has 0 radical (unpaired) electrons. The quantitative estimate of drug-likeness (QED) is 0.765. The van der Waals surface area contributed by atoms with Crippen molar-refractivity contribution in [2.24, 2.45) is 5.73 Å². The van der Waals surface area contributed by atoms with Crippen LogP contribution in [0.5, 0.6) is 11.5 Å². The lowest BCUT2D eigenvalue weighted by atomic mass is 10.0. The molecule has 1 aliphatic heterocycles. The van der Waals surface area contributed by atoms with Gasteiger partial charge >= 0.3 is 0 Å². The molecule has 146 valence electrons. The van der Waals surface area contributed by atoms with Crippen molar-refractivity contribution in [3.8, 4) is 11.5 Å². The molecular formula is C20H27N3O4. The highest BCUT2D eigenvalue weighted by Crippen LogP contribution is 2.37. The minimum absolute atomic E-state index is 0.170. The van der Waals surface area contributed by atoms with Crippen LogP contribution in [0.3, 0.4) is 0 Å². The number of carbonyl (C=O) groups is 1. The van der Waals surface area contributed by atoms with Crippen molar-refractivity contribution in [3.63, 3.8) is 0 Å². The third kappa shape index (κ3) is 4.24. The molecule has 1 fully saturated rings. The van der Waals surface area contributed by atoms with E-state index in [1.54, 1.807) is 7.11 Å². The lowest BCUT2D eigenvalue weighted by Gasteiger charge is -2.25. The molecule has 1 aromatic carbocycles. The van der Waals surface area contributed by atoms with Crippen LogP contribution in [0.1, 0.15) is 48.4 Å². The molecule has 1 saturated heterocycles. The third-order valence-electron chi connectivity index (χ3n) is 4.98. The number of hydrogen-bond acceptors (Lipinski definition) is 6. The first-order valence-corrected chi connectivity index (χ1v) is 9.30. The fraction of sp³-hybridized carbons (Fsp3) is 0.500. The molecule has 0 saturated carbocycles. The van der Waals surface area contributed by atoms with Gasteiger partial charge in [-0.25, -0.2) is 0 Å². The standard InChI is InChI=1S/C20H27N3O4/c1-4-16-20(13(2)22-27-16)15-6-5-9-23(15)11-14-7-8-17(18(10-14)25-3)26-12-19(21)24/h7-8,10,15H,4-6,9,11-12H2,1-3H3,(H2,21,24)/t15-/m1/s1. The van der Waals surface area contributed by atoms with Crippen molar-refractivity contribution in [2.75, 3.05) is 20.3 Å². The smallest absolute Gasteiger partial charge is 0.255 e. The highest BCUT2D eigenvalue weighted by Gasteiger charge is 2.31. The lowest BCUT2D eigenvalue weighted by molar-refractivity contribution is -0.119. The van der Waals surface area contributed by atoms with Gasteiger partial charge in [0.15, 0.2) is 18.1 Å². The topological polar surface area (TPSA) is 90.8 Å². The van der Waals surface area contributed by atoms with Crippen molar-refractivity contribution >= 4 is 5.91 Å². The van der Waals surface area contributed by atoms with Gasteiger partial charge in [-0.15, -0.1) is 0 Å². The monoisotopic (exact) mass is 373 g/mol. The van der Waals surface area contributed by atoms with Crippen LogP contribution in [0, 0.1) is 6.92 Å². The number of aromatic nitrogens is 1. The summed E-state index contributed by atoms with van der Waals surface area (Å²) in [5.41, 5.74) is 8.49. The largest absolute Gasteiger partial charge is 0.493 e. The second-order valence-electron chi connectivity index (χ2n) is 6.83. The minimum atomic E-state index is -0.517. The number of hydrogen-bond donors (Lipinski definition) is 1. The zero-order valence-corrected chi connectivity index (χ0v) is 16.2. The molecule has 1 aromatic heterocycles. The highest BCUT2D eigenvalue weighted by molar-refractivity contribution is 5.75. The molecule has 0 unspecified atom stereocenters. The second-order valence-corrected chi connectivity index (χ2v) is 6.83. The van der Waals surface area contributed by atoms with E-state index in [9.17, 15) is 4.79 Å². The molecule has 27 heavy (non-hydrogen) atoms. The summed E-state index contributed by atoms with van der Waals surface area (Å²) in [6.07, 6.45) is 3.10. The number of ether oxygens (including phenoxy) is 2. The number of methoxy groups -OCH3 is 1. The van der Waals surface area contributed by atoms with E-state index in [1.807, 2.05) is 25.1 Å². The summed E-state index contributed by atoms with van der Waals surface area (Å²) < 4.78 is 16.3. The van der Waals surface area contributed by atoms with Gasteiger partial charge < -0.3 is 19.7 Å². The number of nitrogens with two attached hydrogens (primary N) is 1. The second kappa shape index (κ2) is 8.43. The molecule has 0 bridgehead atoms. The maximum atomic E-state index is 10.9. The van der Waals surface area contributed by atoms with Gasteiger partial charge in [-0.3, -0.25) is 9.69 Å². The Hall–Kier alpha value is -2.54. The van der Waals surface area contributed by atoms with E-state index >= 15 is 0 Å². The highest BCUT2D eigenvalue weighted by atomic mass is 16.5. The zero-order valence-electron chi connectivity index (χ0n) is 16.2. The van der Waals surface area contributed by atoms with Crippen molar-refractivity contribution < 1.29 is 18.8 Å². The Morgan fingerprint density at radius 1 is 1.41 bits per heavy atom. The van der Waals surface area contributed by atoms with Gasteiger partial charge in [0.2, 0.25) is 0 Å². The summed E-state index contributed by atoms with van der Waals surface area (Å²) in [7, 11) is 1.59. The maximum absolute atomic E-state index is 10.9. The Morgan fingerprint density at radius 2 is 2.22 bits per heavy atom. The van der Waals surface area contributed by atoms with Gasteiger partial charge in [-0.2, -0.15) is 0 Å². The van der Waals surface area contributed by atoms with Crippen LogP contribution < -0.4 is 15.2 Å². The van der Waals surface area contributed by atoms with Crippen LogP contribution in [0.4, 0.5) is 0 Å². The zero-order chi connectivity index (χ0) is 19.4. The Labute approximate surface area is 159 Å². The number of nitrogens with zero attached hydrogens (tertiary/aromatic N) is 2. The van der Waals surface area contributed by atoms with E-state index in [2.05, 4.69) is 17.0 Å². The van der Waals surface area contributed by atoms with Crippen LogP contribution in [-0.4, -0.2) is 36.2 Å². The van der Waals surface area contributed by atoms with Gasteiger partial charge in [0.25, 0.3) is 5.91 Å². The SMILES string of the molecule is CCc1onc(C)c1[C@H]1CCCN1Cc1ccc(OCC(N)=O)c(OC)c1. The van der Waals surface area contributed by atoms with E-state index in [4.69, 9.17) is 19.7 Å². The first-order chi connectivity index (χ1) is 13.0. The van der Waals surface area contributed by atoms with Crippen molar-refractivity contribution in [3.05, 3.63) is 40.8 Å². The summed E-state index contributed by atoms with van der Waals surface area (Å²) in [5, 5.41) is 4.17. The first-order valence-electron chi connectivity index (χ1n) is 9.30. The van der Waals surface area contributed by atoms with E-state index in [1.165, 1.54) is 5.56 Å². The number of aryl methyl sites for hydroxylation is 2. The average Bonchev–Trinajstić information content (AvgIpc) is 3.25. The van der Waals surface area contributed by atoms with E-state index in [0.717, 1.165) is 49.4 Å². The normalized spacial score (nSPS) is 17.2. The van der Waals surface area contributed by atoms with E-state index in [-0.39, 0.29) is 6.61 Å². The Kier molecular flexibility index (Phi) is 6.01. The number of benzene rings is 1. The molecular weight excluding hydrogens is 346 g/mol. The molecule has 1 amide bonds. The lowest BCUT2D eigenvalue weighted by Crippen LogP contribution is -2.24. The molecule has 0 spiro atoms. The number of rotatable bonds is 8. The fourth-order valence-corrected chi connectivity index (χ4v) is 3.76. The molecule has 1 aliphatic rings. The Morgan fingerprint density at radius 3 is 2.93 bits per heavy atom. The Balaban J connectivity index is 1.77. The van der Waals surface area contributed by atoms with Gasteiger partial charge in [0.05, 0.1) is 12.8 Å². The number of primary amides is 1. The summed E-state index contributed by atoms with van der Waals surface area (Å²) in [6.45, 7) is 5.77. The van der Waals surface area contributed by atoms with Gasteiger partial charge in [0.1, 0.15) is 5.76 Å². The minimum Gasteiger partial charge on any atom is -0.493 e. The molecule has 1 atom stereocenters. The van der Waals surface area contributed by atoms with E-state index in [0.29, 0.717) is 17.5 Å². The average molecular weight is 373 g/mol. The number of likely N-dealkylation sites (tertiary alicyclic amines) is 1. The molecule has 0 aliphatic carbocycles. The van der Waals surface area contributed by atoms with Crippen LogP contribution in [0.15, 0.2) is 22.7 Å². The van der Waals surface area contributed by atoms with Gasteiger partial charge in [0, 0.05) is 24.6 Å². The number of carbonyl (C=O) groups excluding carboxylic acids is 1. The molecule has 2 aromatic rings. The maximum Gasteiger partial charge on any atom is 0.255 e. The predicted octanol–water partition coefficient (Wildman–Crippen LogP) is 2.76. The van der Waals surface area contributed by atoms with Crippen LogP contribution in [-0.2, 0) is 17.8 Å². The summed E-state index contributed by atoms with van der Waals surface area (Å²) in [5.74, 6) is 1.58. The molecule has 3 rings (SSSR count). The third-order valence-corrected chi connectivity index (χ3v) is 4.98. The summed E-state index contributed by atoms with van der Waals surface area (Å²) >= 11 is 0. The van der Waals surface area contributed by atoms with E-state index < -0.39 is 5.91 Å². The van der Waals surface area contributed by atoms with Crippen LogP contribution in [0.25, 0.3) is 0 Å².